The van der Waals surface area contributed by atoms with Crippen LogP contribution in [0.25, 0.3) is 11.4 Å². The molecular weight excluding hydrogens is 352 g/mol. The summed E-state index contributed by atoms with van der Waals surface area (Å²) in [5.41, 5.74) is 5.64. The second-order valence-electron chi connectivity index (χ2n) is 7.01. The Balaban J connectivity index is 1.54. The van der Waals surface area contributed by atoms with Crippen LogP contribution in [0.4, 0.5) is 0 Å². The third-order valence-corrected chi connectivity index (χ3v) is 5.04. The molecule has 6 nitrogen and oxygen atoms in total. The summed E-state index contributed by atoms with van der Waals surface area (Å²) in [6, 6.07) is 12.2. The summed E-state index contributed by atoms with van der Waals surface area (Å²) in [7, 11) is 3.24. The Morgan fingerprint density at radius 1 is 1.00 bits per heavy atom. The number of nitrogens with zero attached hydrogens (tertiary/aromatic N) is 4. The van der Waals surface area contributed by atoms with Crippen LogP contribution < -0.4 is 9.47 Å². The van der Waals surface area contributed by atoms with Crippen molar-refractivity contribution in [1.29, 1.82) is 0 Å². The fourth-order valence-corrected chi connectivity index (χ4v) is 3.44. The minimum absolute atomic E-state index is 0.556. The smallest absolute Gasteiger partial charge is 0.220 e. The van der Waals surface area contributed by atoms with Gasteiger partial charge in [0.05, 0.1) is 19.9 Å². The van der Waals surface area contributed by atoms with Gasteiger partial charge in [-0.3, -0.25) is 4.90 Å². The standard InChI is InChI=1S/C22H24N4O2/c1-15-4-6-16(7-5-15)21-23-12-17-10-11-26(14-19(17)24-21)13-18-8-9-20(27-2)25-22(18)28-3/h4-9,12H,10-11,13-14H2,1-3H3. The maximum Gasteiger partial charge on any atom is 0.220 e. The van der Waals surface area contributed by atoms with Gasteiger partial charge in [0, 0.05) is 43.0 Å². The van der Waals surface area contributed by atoms with Gasteiger partial charge in [0.25, 0.3) is 0 Å². The van der Waals surface area contributed by atoms with Gasteiger partial charge >= 0.3 is 0 Å². The van der Waals surface area contributed by atoms with Crippen LogP contribution >= 0.6 is 0 Å². The molecule has 0 fully saturated rings. The molecule has 4 rings (SSSR count). The first-order chi connectivity index (χ1) is 13.7. The SMILES string of the molecule is COc1ccc(CN2CCc3cnc(-c4ccc(C)cc4)nc3C2)c(OC)n1. The molecule has 0 atom stereocenters. The van der Waals surface area contributed by atoms with Crippen LogP contribution in [0.5, 0.6) is 11.8 Å². The first-order valence-corrected chi connectivity index (χ1v) is 9.38. The van der Waals surface area contributed by atoms with Crippen LogP contribution in [0.2, 0.25) is 0 Å². The molecule has 28 heavy (non-hydrogen) atoms. The summed E-state index contributed by atoms with van der Waals surface area (Å²) < 4.78 is 10.6. The molecule has 1 aliphatic heterocycles. The van der Waals surface area contributed by atoms with Gasteiger partial charge in [-0.1, -0.05) is 29.8 Å². The predicted octanol–water partition coefficient (Wildman–Crippen LogP) is 3.42. The Labute approximate surface area is 165 Å². The zero-order chi connectivity index (χ0) is 19.5. The second kappa shape index (κ2) is 7.94. The molecule has 0 radical (unpaired) electrons. The number of hydrogen-bond acceptors (Lipinski definition) is 6. The summed E-state index contributed by atoms with van der Waals surface area (Å²) in [6.07, 6.45) is 2.92. The number of hydrogen-bond donors (Lipinski definition) is 0. The highest BCUT2D eigenvalue weighted by Gasteiger charge is 2.20. The van der Waals surface area contributed by atoms with E-state index < -0.39 is 0 Å². The minimum atomic E-state index is 0.556. The molecule has 0 saturated carbocycles. The number of aryl methyl sites for hydroxylation is 1. The monoisotopic (exact) mass is 376 g/mol. The molecule has 3 heterocycles. The van der Waals surface area contributed by atoms with E-state index in [1.807, 2.05) is 18.3 Å². The van der Waals surface area contributed by atoms with E-state index in [4.69, 9.17) is 14.5 Å². The summed E-state index contributed by atoms with van der Waals surface area (Å²) in [5, 5.41) is 0. The third-order valence-electron chi connectivity index (χ3n) is 5.04. The number of rotatable bonds is 5. The highest BCUT2D eigenvalue weighted by atomic mass is 16.5. The lowest BCUT2D eigenvalue weighted by atomic mass is 10.1. The average molecular weight is 376 g/mol. The lowest BCUT2D eigenvalue weighted by molar-refractivity contribution is 0.236. The van der Waals surface area contributed by atoms with Crippen LogP contribution in [-0.4, -0.2) is 40.6 Å². The molecule has 2 aromatic heterocycles. The van der Waals surface area contributed by atoms with E-state index in [0.29, 0.717) is 11.8 Å². The molecule has 0 N–H and O–H groups in total. The number of fused-ring (bicyclic) bond motifs is 1. The third kappa shape index (κ3) is 3.82. The highest BCUT2D eigenvalue weighted by Crippen LogP contribution is 2.25. The van der Waals surface area contributed by atoms with Crippen LogP contribution in [0.15, 0.2) is 42.6 Å². The molecule has 0 unspecified atom stereocenters. The molecule has 144 valence electrons. The minimum Gasteiger partial charge on any atom is -0.481 e. The van der Waals surface area contributed by atoms with Crippen molar-refractivity contribution in [3.8, 4) is 23.1 Å². The Kier molecular flexibility index (Phi) is 5.21. The van der Waals surface area contributed by atoms with Crippen molar-refractivity contribution < 1.29 is 9.47 Å². The maximum absolute atomic E-state index is 5.44. The maximum atomic E-state index is 5.44. The number of pyridine rings is 1. The van der Waals surface area contributed by atoms with Gasteiger partial charge in [-0.2, -0.15) is 4.98 Å². The van der Waals surface area contributed by atoms with Gasteiger partial charge in [0.2, 0.25) is 11.8 Å². The van der Waals surface area contributed by atoms with Crippen molar-refractivity contribution in [2.24, 2.45) is 0 Å². The fourth-order valence-electron chi connectivity index (χ4n) is 3.44. The molecular formula is C22H24N4O2. The van der Waals surface area contributed by atoms with Crippen molar-refractivity contribution in [2.75, 3.05) is 20.8 Å². The molecule has 0 amide bonds. The lowest BCUT2D eigenvalue weighted by Crippen LogP contribution is -2.31. The predicted molar refractivity (Wildman–Crippen MR) is 107 cm³/mol. The lowest BCUT2D eigenvalue weighted by Gasteiger charge is -2.28. The second-order valence-corrected chi connectivity index (χ2v) is 7.01. The molecule has 0 aliphatic carbocycles. The number of methoxy groups -OCH3 is 2. The number of aromatic nitrogens is 3. The normalized spacial score (nSPS) is 13.8. The highest BCUT2D eigenvalue weighted by molar-refractivity contribution is 5.55. The number of benzene rings is 1. The van der Waals surface area contributed by atoms with Crippen LogP contribution in [0.1, 0.15) is 22.4 Å². The van der Waals surface area contributed by atoms with Crippen molar-refractivity contribution >= 4 is 0 Å². The van der Waals surface area contributed by atoms with Crippen molar-refractivity contribution in [1.82, 2.24) is 19.9 Å². The molecule has 1 aliphatic rings. The zero-order valence-electron chi connectivity index (χ0n) is 16.5. The molecule has 0 bridgehead atoms. The van der Waals surface area contributed by atoms with Gasteiger partial charge in [0.1, 0.15) is 0 Å². The summed E-state index contributed by atoms with van der Waals surface area (Å²) >= 11 is 0. The largest absolute Gasteiger partial charge is 0.481 e. The van der Waals surface area contributed by atoms with E-state index in [0.717, 1.165) is 48.7 Å². The summed E-state index contributed by atoms with van der Waals surface area (Å²) in [4.78, 5) is 16.2. The van der Waals surface area contributed by atoms with Gasteiger partial charge in [-0.15, -0.1) is 0 Å². The summed E-state index contributed by atoms with van der Waals surface area (Å²) in [5.74, 6) is 1.94. The van der Waals surface area contributed by atoms with E-state index in [-0.39, 0.29) is 0 Å². The molecule has 0 saturated heterocycles. The quantitative estimate of drug-likeness (QED) is 0.680. The van der Waals surface area contributed by atoms with Crippen LogP contribution in [0, 0.1) is 6.92 Å². The molecule has 1 aromatic carbocycles. The zero-order valence-corrected chi connectivity index (χ0v) is 16.5. The van der Waals surface area contributed by atoms with Crippen LogP contribution in [0.3, 0.4) is 0 Å². The molecule has 0 spiro atoms. The topological polar surface area (TPSA) is 60.4 Å². The van der Waals surface area contributed by atoms with Gasteiger partial charge in [0.15, 0.2) is 5.82 Å². The first kappa shape index (κ1) is 18.4. The Morgan fingerprint density at radius 2 is 1.82 bits per heavy atom. The van der Waals surface area contributed by atoms with Crippen molar-refractivity contribution in [3.63, 3.8) is 0 Å². The fraction of sp³-hybridized carbons (Fsp3) is 0.318. The van der Waals surface area contributed by atoms with E-state index in [2.05, 4.69) is 46.1 Å². The first-order valence-electron chi connectivity index (χ1n) is 9.38. The van der Waals surface area contributed by atoms with E-state index >= 15 is 0 Å². The molecule has 3 aromatic rings. The van der Waals surface area contributed by atoms with E-state index in [1.165, 1.54) is 11.1 Å². The van der Waals surface area contributed by atoms with Gasteiger partial charge < -0.3 is 9.47 Å². The average Bonchev–Trinajstić information content (AvgIpc) is 2.74. The molecule has 6 heteroatoms. The summed E-state index contributed by atoms with van der Waals surface area (Å²) in [6.45, 7) is 4.57. The van der Waals surface area contributed by atoms with Gasteiger partial charge in [-0.25, -0.2) is 9.97 Å². The van der Waals surface area contributed by atoms with Gasteiger partial charge in [-0.05, 0) is 25.0 Å². The van der Waals surface area contributed by atoms with E-state index in [9.17, 15) is 0 Å². The van der Waals surface area contributed by atoms with E-state index in [1.54, 1.807) is 14.2 Å². The number of ether oxygens (including phenoxy) is 2. The van der Waals surface area contributed by atoms with Crippen molar-refractivity contribution in [3.05, 3.63) is 65.0 Å². The Bertz CT molecular complexity index is 973. The Morgan fingerprint density at radius 3 is 2.57 bits per heavy atom. The van der Waals surface area contributed by atoms with Crippen LogP contribution in [-0.2, 0) is 19.5 Å². The Hall–Kier alpha value is -2.99. The van der Waals surface area contributed by atoms with Crippen molar-refractivity contribution in [2.45, 2.75) is 26.4 Å².